The Balaban J connectivity index is 1.99. The molecule has 0 bridgehead atoms. The summed E-state index contributed by atoms with van der Waals surface area (Å²) in [5.41, 5.74) is 0.410. The van der Waals surface area contributed by atoms with Gasteiger partial charge in [0.1, 0.15) is 0 Å². The fourth-order valence-electron chi connectivity index (χ4n) is 1.92. The Labute approximate surface area is 109 Å². The van der Waals surface area contributed by atoms with Gasteiger partial charge in [0.15, 0.2) is 0 Å². The van der Waals surface area contributed by atoms with Crippen LogP contribution in [0.5, 0.6) is 0 Å². The predicted molar refractivity (Wildman–Crippen MR) is 65.4 cm³/mol. The molecule has 2 heterocycles. The van der Waals surface area contributed by atoms with Crippen LogP contribution in [0.15, 0.2) is 18.5 Å². The van der Waals surface area contributed by atoms with Gasteiger partial charge in [-0.1, -0.05) is 18.5 Å². The summed E-state index contributed by atoms with van der Waals surface area (Å²) in [4.78, 5) is 28.3. The molecule has 1 aromatic rings. The van der Waals surface area contributed by atoms with Gasteiger partial charge in [0.05, 0.1) is 16.5 Å². The van der Waals surface area contributed by atoms with Gasteiger partial charge in [0.25, 0.3) is 5.91 Å². The van der Waals surface area contributed by atoms with E-state index in [-0.39, 0.29) is 11.8 Å². The Kier molecular flexibility index (Phi) is 3.52. The molecule has 1 aliphatic heterocycles. The van der Waals surface area contributed by atoms with E-state index in [2.05, 4.69) is 4.98 Å². The Morgan fingerprint density at radius 2 is 2.22 bits per heavy atom. The Morgan fingerprint density at radius 1 is 1.56 bits per heavy atom. The molecule has 0 spiro atoms. The monoisotopic (exact) mass is 268 g/mol. The lowest BCUT2D eigenvalue weighted by molar-refractivity contribution is -0.144. The van der Waals surface area contributed by atoms with Crippen molar-refractivity contribution in [1.29, 1.82) is 0 Å². The van der Waals surface area contributed by atoms with Crippen LogP contribution >= 0.6 is 11.6 Å². The van der Waals surface area contributed by atoms with Crippen molar-refractivity contribution in [3.05, 3.63) is 29.0 Å². The van der Waals surface area contributed by atoms with Crippen LogP contribution in [0.2, 0.25) is 5.02 Å². The largest absolute Gasteiger partial charge is 0.481 e. The van der Waals surface area contributed by atoms with Crippen LogP contribution < -0.4 is 0 Å². The number of carbonyl (C=O) groups is 2. The molecular weight excluding hydrogens is 256 g/mol. The van der Waals surface area contributed by atoms with E-state index in [4.69, 9.17) is 16.7 Å². The van der Waals surface area contributed by atoms with E-state index in [9.17, 15) is 9.59 Å². The number of rotatable bonds is 3. The summed E-state index contributed by atoms with van der Waals surface area (Å²) in [5, 5.41) is 9.19. The fourth-order valence-corrected chi connectivity index (χ4v) is 2.12. The highest BCUT2D eigenvalue weighted by Gasteiger charge is 2.37. The average molecular weight is 269 g/mol. The van der Waals surface area contributed by atoms with Crippen molar-refractivity contribution in [2.45, 2.75) is 6.92 Å². The summed E-state index contributed by atoms with van der Waals surface area (Å²) in [7, 11) is 0. The molecule has 96 valence electrons. The lowest BCUT2D eigenvalue weighted by atomic mass is 9.86. The average Bonchev–Trinajstić information content (AvgIpc) is 2.27. The zero-order chi connectivity index (χ0) is 13.3. The molecule has 1 aromatic heterocycles. The topological polar surface area (TPSA) is 70.5 Å². The van der Waals surface area contributed by atoms with Crippen molar-refractivity contribution in [1.82, 2.24) is 9.88 Å². The predicted octanol–water partition coefficient (Wildman–Crippen LogP) is 1.53. The van der Waals surface area contributed by atoms with Crippen LogP contribution in [-0.4, -0.2) is 40.0 Å². The van der Waals surface area contributed by atoms with E-state index < -0.39 is 11.9 Å². The van der Waals surface area contributed by atoms with Crippen molar-refractivity contribution in [2.24, 2.45) is 11.8 Å². The second-order valence-electron chi connectivity index (χ2n) is 4.45. The molecule has 1 aliphatic rings. The van der Waals surface area contributed by atoms with E-state index >= 15 is 0 Å². The SMILES string of the molecule is CC(C(=O)O)C1CN(C(=O)c2ccncc2Cl)C1. The number of aliphatic carboxylic acids is 1. The third kappa shape index (κ3) is 2.31. The normalized spacial score (nSPS) is 17.1. The second kappa shape index (κ2) is 4.94. The number of nitrogens with zero attached hydrogens (tertiary/aromatic N) is 2. The Hall–Kier alpha value is -1.62. The standard InChI is InChI=1S/C12H13ClN2O3/c1-7(12(17)18)8-5-15(6-8)11(16)9-2-3-14-4-10(9)13/h2-4,7-8H,5-6H2,1H3,(H,17,18). The molecule has 2 rings (SSSR count). The number of pyridine rings is 1. The zero-order valence-electron chi connectivity index (χ0n) is 9.84. The van der Waals surface area contributed by atoms with Crippen LogP contribution in [0.1, 0.15) is 17.3 Å². The number of hydrogen-bond donors (Lipinski definition) is 1. The van der Waals surface area contributed by atoms with Gasteiger partial charge < -0.3 is 10.0 Å². The minimum atomic E-state index is -0.825. The summed E-state index contributed by atoms with van der Waals surface area (Å²) in [6.07, 6.45) is 2.93. The van der Waals surface area contributed by atoms with Crippen LogP contribution in [-0.2, 0) is 4.79 Å². The van der Waals surface area contributed by atoms with E-state index in [1.54, 1.807) is 17.9 Å². The number of carboxylic acids is 1. The van der Waals surface area contributed by atoms with Gasteiger partial charge in [-0.15, -0.1) is 0 Å². The number of amides is 1. The van der Waals surface area contributed by atoms with Gasteiger partial charge in [-0.25, -0.2) is 0 Å². The van der Waals surface area contributed by atoms with Crippen molar-refractivity contribution in [3.8, 4) is 0 Å². The van der Waals surface area contributed by atoms with Crippen molar-refractivity contribution in [3.63, 3.8) is 0 Å². The van der Waals surface area contributed by atoms with E-state index in [1.165, 1.54) is 12.4 Å². The van der Waals surface area contributed by atoms with Gasteiger partial charge in [0, 0.05) is 31.4 Å². The molecule has 1 unspecified atom stereocenters. The summed E-state index contributed by atoms with van der Waals surface area (Å²) < 4.78 is 0. The summed E-state index contributed by atoms with van der Waals surface area (Å²) in [5.74, 6) is -1.40. The summed E-state index contributed by atoms with van der Waals surface area (Å²) >= 11 is 5.89. The zero-order valence-corrected chi connectivity index (χ0v) is 10.6. The van der Waals surface area contributed by atoms with Crippen LogP contribution in [0, 0.1) is 11.8 Å². The second-order valence-corrected chi connectivity index (χ2v) is 4.86. The van der Waals surface area contributed by atoms with Crippen LogP contribution in [0.4, 0.5) is 0 Å². The minimum Gasteiger partial charge on any atom is -0.481 e. The molecule has 0 aromatic carbocycles. The van der Waals surface area contributed by atoms with Gasteiger partial charge in [-0.3, -0.25) is 14.6 Å². The van der Waals surface area contributed by atoms with E-state index in [0.29, 0.717) is 23.7 Å². The highest BCUT2D eigenvalue weighted by atomic mass is 35.5. The molecule has 0 saturated carbocycles. The maximum atomic E-state index is 12.1. The molecule has 18 heavy (non-hydrogen) atoms. The molecule has 5 nitrogen and oxygen atoms in total. The maximum absolute atomic E-state index is 12.1. The number of carbonyl (C=O) groups excluding carboxylic acids is 1. The Morgan fingerprint density at radius 3 is 2.78 bits per heavy atom. The van der Waals surface area contributed by atoms with Crippen molar-refractivity contribution >= 4 is 23.5 Å². The van der Waals surface area contributed by atoms with E-state index in [1.807, 2.05) is 0 Å². The first kappa shape index (κ1) is 12.8. The number of hydrogen-bond acceptors (Lipinski definition) is 3. The van der Waals surface area contributed by atoms with Gasteiger partial charge in [-0.05, 0) is 6.07 Å². The molecule has 0 aliphatic carbocycles. The molecule has 1 amide bonds. The summed E-state index contributed by atoms with van der Waals surface area (Å²) in [6, 6.07) is 1.57. The number of halogens is 1. The molecule has 6 heteroatoms. The van der Waals surface area contributed by atoms with Gasteiger partial charge in [0.2, 0.25) is 0 Å². The van der Waals surface area contributed by atoms with Crippen molar-refractivity contribution < 1.29 is 14.7 Å². The maximum Gasteiger partial charge on any atom is 0.306 e. The molecular formula is C12H13ClN2O3. The minimum absolute atomic E-state index is 0.0204. The highest BCUT2D eigenvalue weighted by Crippen LogP contribution is 2.27. The lowest BCUT2D eigenvalue weighted by Crippen LogP contribution is -2.53. The van der Waals surface area contributed by atoms with Crippen LogP contribution in [0.3, 0.4) is 0 Å². The highest BCUT2D eigenvalue weighted by molar-refractivity contribution is 6.33. The fraction of sp³-hybridized carbons (Fsp3) is 0.417. The first-order valence-electron chi connectivity index (χ1n) is 5.62. The lowest BCUT2D eigenvalue weighted by Gasteiger charge is -2.41. The number of aromatic nitrogens is 1. The first-order valence-corrected chi connectivity index (χ1v) is 6.00. The number of carboxylic acid groups (broad SMARTS) is 1. The third-order valence-electron chi connectivity index (χ3n) is 3.30. The third-order valence-corrected chi connectivity index (χ3v) is 3.60. The van der Waals surface area contributed by atoms with Crippen LogP contribution in [0.25, 0.3) is 0 Å². The smallest absolute Gasteiger partial charge is 0.306 e. The molecule has 1 fully saturated rings. The Bertz CT molecular complexity index is 486. The van der Waals surface area contributed by atoms with Crippen molar-refractivity contribution in [2.75, 3.05) is 13.1 Å². The quantitative estimate of drug-likeness (QED) is 0.902. The number of likely N-dealkylation sites (tertiary alicyclic amines) is 1. The van der Waals surface area contributed by atoms with E-state index in [0.717, 1.165) is 0 Å². The molecule has 1 atom stereocenters. The summed E-state index contributed by atoms with van der Waals surface area (Å²) in [6.45, 7) is 2.59. The van der Waals surface area contributed by atoms with Gasteiger partial charge >= 0.3 is 5.97 Å². The first-order chi connectivity index (χ1) is 8.50. The molecule has 0 radical (unpaired) electrons. The molecule has 1 N–H and O–H groups in total. The molecule has 1 saturated heterocycles. The van der Waals surface area contributed by atoms with Gasteiger partial charge in [-0.2, -0.15) is 0 Å².